The highest BCUT2D eigenvalue weighted by Crippen LogP contribution is 2.36. The molecule has 0 spiro atoms. The van der Waals surface area contributed by atoms with Gasteiger partial charge in [-0.25, -0.2) is 5.43 Å². The molecule has 0 radical (unpaired) electrons. The largest absolute Gasteiger partial charge is 0.485 e. The van der Waals surface area contributed by atoms with E-state index >= 15 is 0 Å². The Kier molecular flexibility index (Phi) is 4.70. The summed E-state index contributed by atoms with van der Waals surface area (Å²) in [5.74, 6) is 0.881. The Labute approximate surface area is 146 Å². The smallest absolute Gasteiger partial charge is 0.284 e. The number of nitrogens with zero attached hydrogens (tertiary/aromatic N) is 2. The lowest BCUT2D eigenvalue weighted by Gasteiger charge is -2.27. The number of ether oxygens (including phenoxy) is 2. The van der Waals surface area contributed by atoms with Crippen molar-refractivity contribution in [3.05, 3.63) is 53.9 Å². The number of hydrogen-bond donors (Lipinski definition) is 1. The van der Waals surface area contributed by atoms with Crippen LogP contribution in [-0.4, -0.2) is 29.8 Å². The predicted molar refractivity (Wildman–Crippen MR) is 95.0 cm³/mol. The predicted octanol–water partition coefficient (Wildman–Crippen LogP) is 2.67. The molecule has 0 unspecified atom stereocenters. The monoisotopic (exact) mass is 339 g/mol. The van der Waals surface area contributed by atoms with Crippen LogP contribution in [0.4, 0.5) is 0 Å². The molecular formula is C19H21N3O3. The Morgan fingerprint density at radius 3 is 2.72 bits per heavy atom. The van der Waals surface area contributed by atoms with Gasteiger partial charge in [-0.3, -0.25) is 9.78 Å². The normalized spacial score (nSPS) is 16.7. The molecule has 1 aromatic carbocycles. The van der Waals surface area contributed by atoms with Crippen LogP contribution in [0.25, 0.3) is 0 Å². The zero-order valence-electron chi connectivity index (χ0n) is 14.5. The van der Waals surface area contributed by atoms with Crippen molar-refractivity contribution in [3.63, 3.8) is 0 Å². The maximum absolute atomic E-state index is 12.2. The molecule has 0 saturated carbocycles. The summed E-state index contributed by atoms with van der Waals surface area (Å²) in [5, 5.41) is 3.94. The minimum absolute atomic E-state index is 0.0115. The zero-order valence-corrected chi connectivity index (χ0v) is 14.5. The number of carbonyl (C=O) groups excluding carboxylic acids is 1. The van der Waals surface area contributed by atoms with E-state index in [0.29, 0.717) is 11.5 Å². The minimum Gasteiger partial charge on any atom is -0.485 e. The van der Waals surface area contributed by atoms with Gasteiger partial charge in [0.15, 0.2) is 11.5 Å². The maximum Gasteiger partial charge on any atom is 0.284 e. The van der Waals surface area contributed by atoms with Crippen molar-refractivity contribution in [2.24, 2.45) is 5.10 Å². The van der Waals surface area contributed by atoms with E-state index in [1.165, 1.54) is 0 Å². The van der Waals surface area contributed by atoms with Gasteiger partial charge in [-0.05, 0) is 40.8 Å². The van der Waals surface area contributed by atoms with Gasteiger partial charge in [0.25, 0.3) is 5.91 Å². The number of aromatic nitrogens is 1. The molecule has 1 amide bonds. The molecule has 6 heteroatoms. The summed E-state index contributed by atoms with van der Waals surface area (Å²) < 4.78 is 11.5. The summed E-state index contributed by atoms with van der Waals surface area (Å²) in [6, 6.07) is 9.41. The third kappa shape index (κ3) is 4.15. The second-order valence-electron chi connectivity index (χ2n) is 6.84. The summed E-state index contributed by atoms with van der Waals surface area (Å²) in [6.45, 7) is 6.52. The molecule has 6 nitrogen and oxygen atoms in total. The molecule has 1 aromatic heterocycles. The molecule has 0 fully saturated rings. The van der Waals surface area contributed by atoms with Gasteiger partial charge in [-0.1, -0.05) is 26.8 Å². The number of hydrogen-bond acceptors (Lipinski definition) is 5. The number of rotatable bonds is 3. The average Bonchev–Trinajstić information content (AvgIpc) is 2.61. The average molecular weight is 339 g/mol. The fourth-order valence-electron chi connectivity index (χ4n) is 2.36. The second-order valence-corrected chi connectivity index (χ2v) is 6.84. The van der Waals surface area contributed by atoms with Crippen LogP contribution < -0.4 is 14.9 Å². The number of carbonyl (C=O) groups is 1. The van der Waals surface area contributed by atoms with Crippen LogP contribution in [0.15, 0.2) is 47.8 Å². The molecule has 0 saturated heterocycles. The molecular weight excluding hydrogens is 318 g/mol. The number of pyridine rings is 1. The standard InChI is InChI=1S/C19H21N3O3/c1-19(2,3)14-4-5-15-16(10-14)25-17(12-24-15)18(23)22-21-11-13-6-8-20-9-7-13/h4-11,17H,12H2,1-3H3,(H,22,23)/b21-11-/t17-/m0/s1. The van der Waals surface area contributed by atoms with Gasteiger partial charge >= 0.3 is 0 Å². The van der Waals surface area contributed by atoms with Gasteiger partial charge in [0.1, 0.15) is 6.61 Å². The Morgan fingerprint density at radius 1 is 1.24 bits per heavy atom. The number of hydrazone groups is 1. The first-order chi connectivity index (χ1) is 11.9. The van der Waals surface area contributed by atoms with Gasteiger partial charge in [0.2, 0.25) is 6.10 Å². The summed E-state index contributed by atoms with van der Waals surface area (Å²) in [6.07, 6.45) is 4.13. The number of fused-ring (bicyclic) bond motifs is 1. The Bertz CT molecular complexity index is 782. The van der Waals surface area contributed by atoms with Gasteiger partial charge in [0, 0.05) is 12.4 Å². The molecule has 1 aliphatic rings. The van der Waals surface area contributed by atoms with Crippen molar-refractivity contribution < 1.29 is 14.3 Å². The third-order valence-electron chi connectivity index (χ3n) is 3.86. The summed E-state index contributed by atoms with van der Waals surface area (Å²) in [5.41, 5.74) is 4.43. The van der Waals surface area contributed by atoms with Crippen LogP contribution in [0.1, 0.15) is 31.9 Å². The minimum atomic E-state index is -0.739. The molecule has 25 heavy (non-hydrogen) atoms. The van der Waals surface area contributed by atoms with E-state index in [1.54, 1.807) is 30.7 Å². The van der Waals surface area contributed by atoms with Gasteiger partial charge in [-0.15, -0.1) is 0 Å². The SMILES string of the molecule is CC(C)(C)c1ccc2c(c1)O[C@H](C(=O)N/N=C\c1ccncc1)CO2. The van der Waals surface area contributed by atoms with Crippen LogP contribution in [0.3, 0.4) is 0 Å². The van der Waals surface area contributed by atoms with Crippen molar-refractivity contribution in [2.75, 3.05) is 6.61 Å². The number of nitrogens with one attached hydrogen (secondary N) is 1. The van der Waals surface area contributed by atoms with Crippen LogP contribution in [0.2, 0.25) is 0 Å². The first-order valence-corrected chi connectivity index (χ1v) is 8.10. The summed E-state index contributed by atoms with van der Waals surface area (Å²) in [7, 11) is 0. The van der Waals surface area contributed by atoms with E-state index in [1.807, 2.05) is 18.2 Å². The van der Waals surface area contributed by atoms with Crippen molar-refractivity contribution in [3.8, 4) is 11.5 Å². The Balaban J connectivity index is 1.65. The second kappa shape index (κ2) is 6.93. The highest BCUT2D eigenvalue weighted by molar-refractivity contribution is 5.84. The Morgan fingerprint density at radius 2 is 2.00 bits per heavy atom. The van der Waals surface area contributed by atoms with E-state index in [4.69, 9.17) is 9.47 Å². The van der Waals surface area contributed by atoms with E-state index in [0.717, 1.165) is 11.1 Å². The number of benzene rings is 1. The third-order valence-corrected chi connectivity index (χ3v) is 3.86. The fraction of sp³-hybridized carbons (Fsp3) is 0.316. The quantitative estimate of drug-likeness (QED) is 0.689. The van der Waals surface area contributed by atoms with Crippen LogP contribution in [0.5, 0.6) is 11.5 Å². The molecule has 0 aliphatic carbocycles. The first kappa shape index (κ1) is 17.0. The van der Waals surface area contributed by atoms with E-state index < -0.39 is 6.10 Å². The van der Waals surface area contributed by atoms with Gasteiger partial charge in [-0.2, -0.15) is 5.10 Å². The van der Waals surface area contributed by atoms with Crippen LogP contribution in [0, 0.1) is 0 Å². The molecule has 2 aromatic rings. The first-order valence-electron chi connectivity index (χ1n) is 8.10. The lowest BCUT2D eigenvalue weighted by Crippen LogP contribution is -2.42. The van der Waals surface area contributed by atoms with Crippen molar-refractivity contribution >= 4 is 12.1 Å². The molecule has 3 rings (SSSR count). The number of amides is 1. The molecule has 1 atom stereocenters. The maximum atomic E-state index is 12.2. The molecule has 0 bridgehead atoms. The van der Waals surface area contributed by atoms with Crippen molar-refractivity contribution in [2.45, 2.75) is 32.3 Å². The zero-order chi connectivity index (χ0) is 17.9. The van der Waals surface area contributed by atoms with E-state index in [-0.39, 0.29) is 17.9 Å². The van der Waals surface area contributed by atoms with Crippen molar-refractivity contribution in [1.29, 1.82) is 0 Å². The van der Waals surface area contributed by atoms with Crippen LogP contribution in [-0.2, 0) is 10.2 Å². The van der Waals surface area contributed by atoms with E-state index in [2.05, 4.69) is 36.3 Å². The lowest BCUT2D eigenvalue weighted by atomic mass is 9.87. The van der Waals surface area contributed by atoms with Gasteiger partial charge in [0.05, 0.1) is 6.21 Å². The lowest BCUT2D eigenvalue weighted by molar-refractivity contribution is -0.130. The molecule has 2 heterocycles. The van der Waals surface area contributed by atoms with Crippen LogP contribution >= 0.6 is 0 Å². The molecule has 1 aliphatic heterocycles. The highest BCUT2D eigenvalue weighted by Gasteiger charge is 2.28. The van der Waals surface area contributed by atoms with Crippen molar-refractivity contribution in [1.82, 2.24) is 10.4 Å². The fourth-order valence-corrected chi connectivity index (χ4v) is 2.36. The molecule has 130 valence electrons. The molecule has 1 N–H and O–H groups in total. The highest BCUT2D eigenvalue weighted by atomic mass is 16.6. The summed E-state index contributed by atoms with van der Waals surface area (Å²) in [4.78, 5) is 16.2. The topological polar surface area (TPSA) is 72.8 Å². The summed E-state index contributed by atoms with van der Waals surface area (Å²) >= 11 is 0. The van der Waals surface area contributed by atoms with E-state index in [9.17, 15) is 4.79 Å². The Hall–Kier alpha value is -2.89. The van der Waals surface area contributed by atoms with Gasteiger partial charge < -0.3 is 9.47 Å².